The van der Waals surface area contributed by atoms with Crippen LogP contribution in [0.5, 0.6) is 0 Å². The first-order valence-corrected chi connectivity index (χ1v) is 6.83. The van der Waals surface area contributed by atoms with Crippen LogP contribution < -0.4 is 11.3 Å². The lowest BCUT2D eigenvalue weighted by Gasteiger charge is -2.08. The van der Waals surface area contributed by atoms with Crippen LogP contribution in [0.2, 0.25) is 0 Å². The second-order valence-corrected chi connectivity index (χ2v) is 5.37. The summed E-state index contributed by atoms with van der Waals surface area (Å²) in [7, 11) is 1.30. The van der Waals surface area contributed by atoms with Crippen LogP contribution in [0.25, 0.3) is 10.1 Å². The van der Waals surface area contributed by atoms with Crippen LogP contribution in [0.3, 0.4) is 0 Å². The number of hydrogen-bond donors (Lipinski definition) is 1. The fourth-order valence-corrected chi connectivity index (χ4v) is 3.22. The SMILES string of the molecule is CCCn1c(C)cc2sc(C(=O)OC)c(N)c2c1=O. The number of ether oxygens (including phenoxy) is 1. The smallest absolute Gasteiger partial charge is 0.350 e. The van der Waals surface area contributed by atoms with Gasteiger partial charge in [-0.15, -0.1) is 11.3 Å². The molecule has 0 aliphatic carbocycles. The summed E-state index contributed by atoms with van der Waals surface area (Å²) in [6, 6.07) is 1.89. The highest BCUT2D eigenvalue weighted by Gasteiger charge is 2.20. The summed E-state index contributed by atoms with van der Waals surface area (Å²) in [6.45, 7) is 4.53. The Labute approximate surface area is 114 Å². The molecule has 19 heavy (non-hydrogen) atoms. The van der Waals surface area contributed by atoms with Gasteiger partial charge in [0.25, 0.3) is 5.56 Å². The summed E-state index contributed by atoms with van der Waals surface area (Å²) >= 11 is 1.20. The molecular weight excluding hydrogens is 264 g/mol. The maximum Gasteiger partial charge on any atom is 0.350 e. The number of methoxy groups -OCH3 is 1. The third-order valence-corrected chi connectivity index (χ3v) is 4.15. The molecule has 2 aromatic heterocycles. The fraction of sp³-hybridized carbons (Fsp3) is 0.385. The minimum atomic E-state index is -0.502. The summed E-state index contributed by atoms with van der Waals surface area (Å²) in [4.78, 5) is 24.3. The number of aryl methyl sites for hydroxylation is 1. The third-order valence-electron chi connectivity index (χ3n) is 3.02. The van der Waals surface area contributed by atoms with Gasteiger partial charge in [0.15, 0.2) is 0 Å². The minimum absolute atomic E-state index is 0.138. The van der Waals surface area contributed by atoms with Crippen LogP contribution >= 0.6 is 11.3 Å². The summed E-state index contributed by atoms with van der Waals surface area (Å²) < 4.78 is 7.09. The van der Waals surface area contributed by atoms with E-state index in [4.69, 9.17) is 5.73 Å². The molecule has 0 amide bonds. The number of anilines is 1. The van der Waals surface area contributed by atoms with Crippen LogP contribution in [-0.2, 0) is 11.3 Å². The van der Waals surface area contributed by atoms with E-state index in [0.717, 1.165) is 16.8 Å². The van der Waals surface area contributed by atoms with Crippen LogP contribution in [-0.4, -0.2) is 17.6 Å². The van der Waals surface area contributed by atoms with E-state index in [2.05, 4.69) is 4.74 Å². The van der Waals surface area contributed by atoms with Gasteiger partial charge in [-0.25, -0.2) is 4.79 Å². The Balaban J connectivity index is 2.79. The zero-order valence-electron chi connectivity index (χ0n) is 11.1. The van der Waals surface area contributed by atoms with E-state index in [9.17, 15) is 9.59 Å². The number of nitrogen functional groups attached to an aromatic ring is 1. The zero-order valence-corrected chi connectivity index (χ0v) is 12.0. The average molecular weight is 280 g/mol. The molecule has 0 unspecified atom stereocenters. The first kappa shape index (κ1) is 13.6. The van der Waals surface area contributed by atoms with Gasteiger partial charge in [0.05, 0.1) is 18.2 Å². The van der Waals surface area contributed by atoms with Crippen molar-refractivity contribution in [3.05, 3.63) is 27.0 Å². The number of thiophene rings is 1. The topological polar surface area (TPSA) is 74.3 Å². The van der Waals surface area contributed by atoms with Gasteiger partial charge < -0.3 is 15.0 Å². The van der Waals surface area contributed by atoms with E-state index in [0.29, 0.717) is 16.8 Å². The molecule has 0 saturated heterocycles. The number of hydrogen-bond acceptors (Lipinski definition) is 5. The normalized spacial score (nSPS) is 10.9. The van der Waals surface area contributed by atoms with Crippen molar-refractivity contribution in [2.24, 2.45) is 0 Å². The number of pyridine rings is 1. The largest absolute Gasteiger partial charge is 0.465 e. The molecule has 0 bridgehead atoms. The van der Waals surface area contributed by atoms with Crippen LogP contribution in [0.1, 0.15) is 28.7 Å². The highest BCUT2D eigenvalue weighted by molar-refractivity contribution is 7.21. The molecule has 2 N–H and O–H groups in total. The first-order chi connectivity index (χ1) is 9.01. The maximum atomic E-state index is 12.4. The molecule has 0 aliphatic rings. The van der Waals surface area contributed by atoms with Gasteiger partial charge in [0.1, 0.15) is 4.88 Å². The summed E-state index contributed by atoms with van der Waals surface area (Å²) in [5, 5.41) is 0.421. The number of carbonyl (C=O) groups is 1. The molecular formula is C13H16N2O3S. The van der Waals surface area contributed by atoms with Gasteiger partial charge in [0, 0.05) is 16.9 Å². The predicted octanol–water partition coefficient (Wildman–Crippen LogP) is 2.15. The summed E-state index contributed by atoms with van der Waals surface area (Å²) in [6.07, 6.45) is 0.861. The van der Waals surface area contributed by atoms with Crippen LogP contribution in [0, 0.1) is 6.92 Å². The second kappa shape index (κ2) is 5.05. The lowest BCUT2D eigenvalue weighted by atomic mass is 10.2. The Bertz CT molecular complexity index is 700. The number of fused-ring (bicyclic) bond motifs is 1. The van der Waals surface area contributed by atoms with E-state index in [1.807, 2.05) is 19.9 Å². The average Bonchev–Trinajstić information content (AvgIpc) is 2.70. The predicted molar refractivity (Wildman–Crippen MR) is 76.9 cm³/mol. The van der Waals surface area contributed by atoms with Crippen molar-refractivity contribution < 1.29 is 9.53 Å². The molecule has 2 heterocycles. The van der Waals surface area contributed by atoms with E-state index in [1.165, 1.54) is 18.4 Å². The van der Waals surface area contributed by atoms with E-state index >= 15 is 0 Å². The lowest BCUT2D eigenvalue weighted by Crippen LogP contribution is -2.22. The van der Waals surface area contributed by atoms with Gasteiger partial charge >= 0.3 is 5.97 Å². The van der Waals surface area contributed by atoms with Crippen LogP contribution in [0.15, 0.2) is 10.9 Å². The number of esters is 1. The maximum absolute atomic E-state index is 12.4. The zero-order chi connectivity index (χ0) is 14.2. The van der Waals surface area contributed by atoms with Crippen molar-refractivity contribution in [1.29, 1.82) is 0 Å². The first-order valence-electron chi connectivity index (χ1n) is 6.02. The quantitative estimate of drug-likeness (QED) is 0.874. The molecule has 0 saturated carbocycles. The Kier molecular flexibility index (Phi) is 3.61. The van der Waals surface area contributed by atoms with Gasteiger partial charge in [0.2, 0.25) is 0 Å². The number of rotatable bonds is 3. The molecule has 2 aromatic rings. The second-order valence-electron chi connectivity index (χ2n) is 4.32. The molecule has 0 atom stereocenters. The lowest BCUT2D eigenvalue weighted by molar-refractivity contribution is 0.0607. The number of carbonyl (C=O) groups excluding carboxylic acids is 1. The molecule has 0 aliphatic heterocycles. The van der Waals surface area contributed by atoms with Crippen molar-refractivity contribution in [3.8, 4) is 0 Å². The van der Waals surface area contributed by atoms with Crippen molar-refractivity contribution in [1.82, 2.24) is 4.57 Å². The standard InChI is InChI=1S/C13H16N2O3S/c1-4-5-15-7(2)6-8-9(12(15)16)10(14)11(19-8)13(17)18-3/h6H,4-5,14H2,1-3H3. The molecule has 0 radical (unpaired) electrons. The fourth-order valence-electron chi connectivity index (χ4n) is 2.09. The van der Waals surface area contributed by atoms with Gasteiger partial charge in [-0.05, 0) is 19.4 Å². The Hall–Kier alpha value is -1.82. The van der Waals surface area contributed by atoms with E-state index < -0.39 is 5.97 Å². The Morgan fingerprint density at radius 3 is 2.79 bits per heavy atom. The molecule has 0 aromatic carbocycles. The van der Waals surface area contributed by atoms with Gasteiger partial charge in [-0.2, -0.15) is 0 Å². The van der Waals surface area contributed by atoms with E-state index in [1.54, 1.807) is 4.57 Å². The monoisotopic (exact) mass is 280 g/mol. The summed E-state index contributed by atoms with van der Waals surface area (Å²) in [5.41, 5.74) is 6.89. The highest BCUT2D eigenvalue weighted by Crippen LogP contribution is 2.32. The van der Waals surface area contributed by atoms with Gasteiger partial charge in [-0.1, -0.05) is 6.92 Å². The van der Waals surface area contributed by atoms with Crippen molar-refractivity contribution >= 4 is 33.1 Å². The molecule has 6 heteroatoms. The number of nitrogens with zero attached hydrogens (tertiary/aromatic N) is 1. The van der Waals surface area contributed by atoms with Crippen molar-refractivity contribution in [2.75, 3.05) is 12.8 Å². The summed E-state index contributed by atoms with van der Waals surface area (Å²) in [5.74, 6) is -0.502. The van der Waals surface area contributed by atoms with E-state index in [-0.39, 0.29) is 11.2 Å². The number of aromatic nitrogens is 1. The Morgan fingerprint density at radius 1 is 1.53 bits per heavy atom. The van der Waals surface area contributed by atoms with Gasteiger partial charge in [-0.3, -0.25) is 4.79 Å². The molecule has 102 valence electrons. The molecule has 5 nitrogen and oxygen atoms in total. The van der Waals surface area contributed by atoms with Crippen molar-refractivity contribution in [2.45, 2.75) is 26.8 Å². The molecule has 0 fully saturated rings. The third kappa shape index (κ3) is 2.12. The molecule has 2 rings (SSSR count). The Morgan fingerprint density at radius 2 is 2.21 bits per heavy atom. The number of nitrogens with two attached hydrogens (primary N) is 1. The van der Waals surface area contributed by atoms with Crippen LogP contribution in [0.4, 0.5) is 5.69 Å². The van der Waals surface area contributed by atoms with Crippen molar-refractivity contribution in [3.63, 3.8) is 0 Å². The minimum Gasteiger partial charge on any atom is -0.465 e. The molecule has 0 spiro atoms. The highest BCUT2D eigenvalue weighted by atomic mass is 32.1.